The van der Waals surface area contributed by atoms with Gasteiger partial charge in [0.1, 0.15) is 0 Å². The normalized spacial score (nSPS) is 33.3. The van der Waals surface area contributed by atoms with Crippen molar-refractivity contribution in [3.05, 3.63) is 12.2 Å². The van der Waals surface area contributed by atoms with Crippen LogP contribution in [-0.2, 0) is 0 Å². The van der Waals surface area contributed by atoms with E-state index < -0.39 is 0 Å². The van der Waals surface area contributed by atoms with Crippen molar-refractivity contribution in [2.24, 2.45) is 16.9 Å². The standard InChI is InChI=1S/C31H56N4/c1-5-33(6-2)28-20-15-25(16-21-28)14-19-27-24-31(35(32-27)30-12-10-9-11-13-30)26-17-22-29(23-18-26)34(7-3)8-4/h14,19,25-26,28-31H,5-13,15-18,20-24H2,1-4H3. The van der Waals surface area contributed by atoms with Crippen LogP contribution in [0.1, 0.15) is 118 Å². The van der Waals surface area contributed by atoms with Crippen molar-refractivity contribution in [2.75, 3.05) is 26.2 Å². The average molecular weight is 485 g/mol. The molecule has 3 fully saturated rings. The monoisotopic (exact) mass is 484 g/mol. The van der Waals surface area contributed by atoms with Crippen molar-refractivity contribution in [3.63, 3.8) is 0 Å². The number of rotatable bonds is 10. The third-order valence-corrected chi connectivity index (χ3v) is 10.2. The van der Waals surface area contributed by atoms with Gasteiger partial charge in [0.2, 0.25) is 0 Å². The molecule has 200 valence electrons. The SMILES string of the molecule is CCN(CC)C1CCC(C=CC2=NN(C3CCCCC3)C(C3CCC(N(CC)CC)CC3)C2)CC1. The second-order valence-corrected chi connectivity index (χ2v) is 12.0. The van der Waals surface area contributed by atoms with Crippen LogP contribution in [0.3, 0.4) is 0 Å². The van der Waals surface area contributed by atoms with E-state index >= 15 is 0 Å². The molecule has 0 aromatic heterocycles. The minimum atomic E-state index is 0.661. The Morgan fingerprint density at radius 3 is 1.80 bits per heavy atom. The minimum Gasteiger partial charge on any atom is -0.301 e. The first-order valence-electron chi connectivity index (χ1n) is 15.7. The number of allylic oxidation sites excluding steroid dienone is 2. The molecule has 1 atom stereocenters. The highest BCUT2D eigenvalue weighted by Crippen LogP contribution is 2.39. The van der Waals surface area contributed by atoms with Crippen LogP contribution in [0.5, 0.6) is 0 Å². The van der Waals surface area contributed by atoms with E-state index in [0.29, 0.717) is 12.1 Å². The smallest absolute Gasteiger partial charge is 0.0623 e. The molecular formula is C31H56N4. The molecule has 3 saturated carbocycles. The summed E-state index contributed by atoms with van der Waals surface area (Å²) in [6, 6.07) is 2.99. The molecule has 35 heavy (non-hydrogen) atoms. The van der Waals surface area contributed by atoms with Crippen molar-refractivity contribution in [1.29, 1.82) is 0 Å². The quantitative estimate of drug-likeness (QED) is 0.330. The fourth-order valence-corrected chi connectivity index (χ4v) is 7.99. The molecule has 0 amide bonds. The summed E-state index contributed by atoms with van der Waals surface area (Å²) < 4.78 is 0. The lowest BCUT2D eigenvalue weighted by Gasteiger charge is -2.42. The third-order valence-electron chi connectivity index (χ3n) is 10.2. The molecule has 1 heterocycles. The van der Waals surface area contributed by atoms with E-state index in [-0.39, 0.29) is 0 Å². The third kappa shape index (κ3) is 6.92. The van der Waals surface area contributed by atoms with E-state index in [4.69, 9.17) is 5.10 Å². The van der Waals surface area contributed by atoms with Gasteiger partial charge in [-0.2, -0.15) is 5.10 Å². The van der Waals surface area contributed by atoms with Gasteiger partial charge in [-0.15, -0.1) is 0 Å². The molecule has 0 bridgehead atoms. The van der Waals surface area contributed by atoms with Crippen molar-refractivity contribution in [2.45, 2.75) is 142 Å². The van der Waals surface area contributed by atoms with Gasteiger partial charge in [0.05, 0.1) is 11.8 Å². The van der Waals surface area contributed by atoms with Crippen molar-refractivity contribution in [1.82, 2.24) is 14.8 Å². The summed E-state index contributed by atoms with van der Waals surface area (Å²) in [6.45, 7) is 14.1. The van der Waals surface area contributed by atoms with Gasteiger partial charge in [-0.1, -0.05) is 53.0 Å². The summed E-state index contributed by atoms with van der Waals surface area (Å²) in [4.78, 5) is 5.37. The predicted molar refractivity (Wildman–Crippen MR) is 151 cm³/mol. The van der Waals surface area contributed by atoms with E-state index in [1.54, 1.807) is 0 Å². The van der Waals surface area contributed by atoms with Crippen molar-refractivity contribution in [3.8, 4) is 0 Å². The van der Waals surface area contributed by atoms with E-state index in [1.807, 2.05) is 0 Å². The molecular weight excluding hydrogens is 428 g/mol. The summed E-state index contributed by atoms with van der Waals surface area (Å²) in [7, 11) is 0. The molecule has 4 heteroatoms. The Labute approximate surface area is 217 Å². The van der Waals surface area contributed by atoms with Crippen LogP contribution in [-0.4, -0.2) is 70.9 Å². The number of nitrogens with zero attached hydrogens (tertiary/aromatic N) is 4. The molecule has 4 rings (SSSR count). The molecule has 0 N–H and O–H groups in total. The maximum Gasteiger partial charge on any atom is 0.0623 e. The van der Waals surface area contributed by atoms with Crippen LogP contribution in [0.15, 0.2) is 17.3 Å². The first-order chi connectivity index (χ1) is 17.2. The van der Waals surface area contributed by atoms with Crippen LogP contribution < -0.4 is 0 Å². The second kappa shape index (κ2) is 13.6. The van der Waals surface area contributed by atoms with Gasteiger partial charge in [0, 0.05) is 24.5 Å². The van der Waals surface area contributed by atoms with Gasteiger partial charge < -0.3 is 9.80 Å². The van der Waals surface area contributed by atoms with Gasteiger partial charge in [-0.25, -0.2) is 0 Å². The van der Waals surface area contributed by atoms with E-state index in [2.05, 4.69) is 54.7 Å². The Morgan fingerprint density at radius 2 is 1.26 bits per heavy atom. The number of hydrogen-bond acceptors (Lipinski definition) is 4. The van der Waals surface area contributed by atoms with Crippen molar-refractivity contribution < 1.29 is 0 Å². The Hall–Kier alpha value is -0.870. The first-order valence-corrected chi connectivity index (χ1v) is 15.7. The highest BCUT2D eigenvalue weighted by Gasteiger charge is 2.39. The van der Waals surface area contributed by atoms with Crippen molar-refractivity contribution >= 4 is 5.71 Å². The summed E-state index contributed by atoms with van der Waals surface area (Å²) in [5.74, 6) is 1.60. The van der Waals surface area contributed by atoms with Gasteiger partial charge >= 0.3 is 0 Å². The number of hydrazone groups is 1. The lowest BCUT2D eigenvalue weighted by Crippen LogP contribution is -2.45. The molecule has 3 aliphatic carbocycles. The molecule has 4 nitrogen and oxygen atoms in total. The Kier molecular flexibility index (Phi) is 10.6. The predicted octanol–water partition coefficient (Wildman–Crippen LogP) is 7.11. The summed E-state index contributed by atoms with van der Waals surface area (Å²) in [5.41, 5.74) is 1.39. The topological polar surface area (TPSA) is 22.1 Å². The number of hydrogen-bond donors (Lipinski definition) is 0. The van der Waals surface area contributed by atoms with Gasteiger partial charge in [-0.05, 0) is 108 Å². The molecule has 0 radical (unpaired) electrons. The molecule has 1 unspecified atom stereocenters. The summed E-state index contributed by atoms with van der Waals surface area (Å²) in [5, 5.41) is 8.00. The highest BCUT2D eigenvalue weighted by atomic mass is 15.5. The van der Waals surface area contributed by atoms with Gasteiger partial charge in [0.25, 0.3) is 0 Å². The highest BCUT2D eigenvalue weighted by molar-refractivity contribution is 5.96. The van der Waals surface area contributed by atoms with Crippen LogP contribution in [0.25, 0.3) is 0 Å². The molecule has 0 aromatic carbocycles. The molecule has 0 spiro atoms. The maximum atomic E-state index is 5.35. The average Bonchev–Trinajstić information content (AvgIpc) is 3.35. The summed E-state index contributed by atoms with van der Waals surface area (Å²) in [6.07, 6.45) is 24.2. The molecule has 0 saturated heterocycles. The summed E-state index contributed by atoms with van der Waals surface area (Å²) >= 11 is 0. The van der Waals surface area contributed by atoms with Gasteiger partial charge in [-0.3, -0.25) is 5.01 Å². The van der Waals surface area contributed by atoms with E-state index in [1.165, 1.54) is 122 Å². The lowest BCUT2D eigenvalue weighted by molar-refractivity contribution is 0.0583. The lowest BCUT2D eigenvalue weighted by atomic mass is 9.78. The van der Waals surface area contributed by atoms with Crippen LogP contribution in [0.4, 0.5) is 0 Å². The molecule has 1 aliphatic heterocycles. The largest absolute Gasteiger partial charge is 0.301 e. The Morgan fingerprint density at radius 1 is 0.714 bits per heavy atom. The maximum absolute atomic E-state index is 5.35. The second-order valence-electron chi connectivity index (χ2n) is 12.0. The van der Waals surface area contributed by atoms with Gasteiger partial charge in [0.15, 0.2) is 0 Å². The zero-order chi connectivity index (χ0) is 24.6. The zero-order valence-electron chi connectivity index (χ0n) is 23.6. The van der Waals surface area contributed by atoms with Crippen LogP contribution >= 0.6 is 0 Å². The van der Waals surface area contributed by atoms with Crippen LogP contribution in [0.2, 0.25) is 0 Å². The van der Waals surface area contributed by atoms with E-state index in [9.17, 15) is 0 Å². The fraction of sp³-hybridized carbons (Fsp3) is 0.903. The first kappa shape index (κ1) is 27.2. The van der Waals surface area contributed by atoms with Crippen LogP contribution in [0, 0.1) is 11.8 Å². The Balaban J connectivity index is 1.35. The fourth-order valence-electron chi connectivity index (χ4n) is 7.99. The molecule has 0 aromatic rings. The van der Waals surface area contributed by atoms with E-state index in [0.717, 1.165) is 23.9 Å². The molecule has 4 aliphatic rings. The minimum absolute atomic E-state index is 0.661. The Bertz CT molecular complexity index is 657. The zero-order valence-corrected chi connectivity index (χ0v) is 23.6.